The van der Waals surface area contributed by atoms with Crippen LogP contribution in [0.15, 0.2) is 85.1 Å². The van der Waals surface area contributed by atoms with Gasteiger partial charge in [-0.15, -0.1) is 0 Å². The normalized spacial score (nSPS) is 18.8. The molecule has 2 atom stereocenters. The number of nitrogens with one attached hydrogen (secondary N) is 1. The Morgan fingerprint density at radius 3 is 2.33 bits per heavy atom. The topological polar surface area (TPSA) is 79.3 Å². The van der Waals surface area contributed by atoms with Crippen molar-refractivity contribution in [3.05, 3.63) is 107 Å². The molecule has 0 spiro atoms. The van der Waals surface area contributed by atoms with Crippen molar-refractivity contribution in [2.75, 3.05) is 5.32 Å². The number of rotatable bonds is 8. The number of pyridine rings is 1. The highest BCUT2D eigenvalue weighted by atomic mass is 35.5. The van der Waals surface area contributed by atoms with Crippen LogP contribution in [0.1, 0.15) is 61.1 Å². The summed E-state index contributed by atoms with van der Waals surface area (Å²) in [5.74, 6) is -0.897. The van der Waals surface area contributed by atoms with Crippen LogP contribution in [-0.2, 0) is 16.0 Å². The highest BCUT2D eigenvalue weighted by molar-refractivity contribution is 6.30. The van der Waals surface area contributed by atoms with Crippen LogP contribution in [0.25, 0.3) is 10.9 Å². The molecule has 1 aliphatic carbocycles. The number of halogens is 1. The Balaban J connectivity index is 1.34. The van der Waals surface area contributed by atoms with Crippen LogP contribution in [0.2, 0.25) is 5.02 Å². The fraction of sp³-hybridized carbons (Fsp3) is 0.303. The summed E-state index contributed by atoms with van der Waals surface area (Å²) >= 11 is 6.04. The standard InChI is InChI=1S/C33H33ClN2O3/c1-21(33(38)39)23-8-6-22(7-9-23)20-30(32(37)36-27-16-14-26(34)15-17-27)25-12-10-24(11-13-25)28-18-19-35-31-5-3-2-4-29(28)31/h2-9,14-19,21,24-25,30H,10-13,20H2,1H3,(H,36,37)(H,38,39)/t21-,24-,25+,30+/m0/s1. The molecule has 0 saturated heterocycles. The van der Waals surface area contributed by atoms with E-state index < -0.39 is 11.9 Å². The van der Waals surface area contributed by atoms with Crippen LogP contribution >= 0.6 is 11.6 Å². The Morgan fingerprint density at radius 1 is 0.949 bits per heavy atom. The first-order valence-electron chi connectivity index (χ1n) is 13.6. The average molecular weight is 541 g/mol. The molecule has 2 N–H and O–H groups in total. The third-order valence-corrected chi connectivity index (χ3v) is 8.47. The molecular formula is C33H33ClN2O3. The summed E-state index contributed by atoms with van der Waals surface area (Å²) in [6.45, 7) is 1.68. The number of para-hydroxylation sites is 1. The smallest absolute Gasteiger partial charge is 0.310 e. The summed E-state index contributed by atoms with van der Waals surface area (Å²) < 4.78 is 0. The maximum absolute atomic E-state index is 13.7. The summed E-state index contributed by atoms with van der Waals surface area (Å²) in [5, 5.41) is 14.3. The van der Waals surface area contributed by atoms with Crippen molar-refractivity contribution in [3.63, 3.8) is 0 Å². The molecule has 0 aliphatic heterocycles. The van der Waals surface area contributed by atoms with Gasteiger partial charge in [0.15, 0.2) is 0 Å². The van der Waals surface area contributed by atoms with E-state index in [1.807, 2.05) is 48.7 Å². The number of anilines is 1. The molecule has 4 aromatic rings. The van der Waals surface area contributed by atoms with E-state index in [2.05, 4.69) is 34.6 Å². The first-order chi connectivity index (χ1) is 18.9. The fourth-order valence-corrected chi connectivity index (χ4v) is 6.01. The van der Waals surface area contributed by atoms with Gasteiger partial charge in [0, 0.05) is 28.2 Å². The number of fused-ring (bicyclic) bond motifs is 1. The summed E-state index contributed by atoms with van der Waals surface area (Å²) in [6, 6.07) is 25.3. The number of aliphatic carboxylic acids is 1. The van der Waals surface area contributed by atoms with Crippen molar-refractivity contribution in [3.8, 4) is 0 Å². The molecule has 200 valence electrons. The lowest BCUT2D eigenvalue weighted by molar-refractivity contribution is -0.138. The SMILES string of the molecule is C[C@H](C(=O)O)c1ccc(C[C@@H](C(=O)Nc2ccc(Cl)cc2)[C@H]2CC[C@@H](c3ccnc4ccccc43)CC2)cc1. The number of carboxylic acids is 1. The Bertz CT molecular complexity index is 1440. The average Bonchev–Trinajstić information content (AvgIpc) is 2.97. The third-order valence-electron chi connectivity index (χ3n) is 8.22. The second kappa shape index (κ2) is 12.0. The van der Waals surface area contributed by atoms with Gasteiger partial charge in [-0.2, -0.15) is 0 Å². The van der Waals surface area contributed by atoms with E-state index in [0.29, 0.717) is 17.4 Å². The van der Waals surface area contributed by atoms with Crippen molar-refractivity contribution >= 4 is 40.1 Å². The van der Waals surface area contributed by atoms with Crippen molar-refractivity contribution in [2.24, 2.45) is 11.8 Å². The zero-order valence-electron chi connectivity index (χ0n) is 22.0. The van der Waals surface area contributed by atoms with Crippen LogP contribution in [0.4, 0.5) is 5.69 Å². The maximum atomic E-state index is 13.7. The van der Waals surface area contributed by atoms with Crippen LogP contribution in [0.5, 0.6) is 0 Å². The molecule has 5 rings (SSSR count). The van der Waals surface area contributed by atoms with Gasteiger partial charge in [0.1, 0.15) is 0 Å². The van der Waals surface area contributed by atoms with Gasteiger partial charge >= 0.3 is 5.97 Å². The molecule has 39 heavy (non-hydrogen) atoms. The van der Waals surface area contributed by atoms with Gasteiger partial charge < -0.3 is 10.4 Å². The first-order valence-corrected chi connectivity index (χ1v) is 14.0. The lowest BCUT2D eigenvalue weighted by atomic mass is 9.71. The van der Waals surface area contributed by atoms with Gasteiger partial charge in [0.25, 0.3) is 0 Å². The van der Waals surface area contributed by atoms with Crippen LogP contribution in [0, 0.1) is 11.8 Å². The van der Waals surface area contributed by atoms with E-state index in [0.717, 1.165) is 48.0 Å². The molecule has 6 heteroatoms. The number of benzene rings is 3. The molecule has 5 nitrogen and oxygen atoms in total. The predicted molar refractivity (Wildman–Crippen MR) is 156 cm³/mol. The molecule has 1 heterocycles. The Labute approximate surface area is 234 Å². The van der Waals surface area contributed by atoms with Crippen LogP contribution in [0.3, 0.4) is 0 Å². The molecule has 0 unspecified atom stereocenters. The van der Waals surface area contributed by atoms with Gasteiger partial charge in [-0.3, -0.25) is 14.6 Å². The number of carbonyl (C=O) groups excluding carboxylic acids is 1. The monoisotopic (exact) mass is 540 g/mol. The minimum absolute atomic E-state index is 0.0121. The zero-order valence-corrected chi connectivity index (χ0v) is 22.8. The molecule has 1 aliphatic rings. The summed E-state index contributed by atoms with van der Waals surface area (Å²) in [6.07, 6.45) is 6.49. The molecule has 1 amide bonds. The number of carboxylic acid groups (broad SMARTS) is 1. The van der Waals surface area contributed by atoms with Gasteiger partial charge in [-0.1, -0.05) is 54.1 Å². The van der Waals surface area contributed by atoms with Crippen molar-refractivity contribution < 1.29 is 14.7 Å². The summed E-state index contributed by atoms with van der Waals surface area (Å²) in [4.78, 5) is 29.6. The maximum Gasteiger partial charge on any atom is 0.310 e. The number of hydrogen-bond donors (Lipinski definition) is 2. The zero-order chi connectivity index (χ0) is 27.4. The van der Waals surface area contributed by atoms with Crippen molar-refractivity contribution in [1.82, 2.24) is 4.98 Å². The quantitative estimate of drug-likeness (QED) is 0.238. The van der Waals surface area contributed by atoms with E-state index in [1.165, 1.54) is 10.9 Å². The number of carbonyl (C=O) groups is 2. The molecule has 1 fully saturated rings. The molecule has 0 radical (unpaired) electrons. The Morgan fingerprint density at radius 2 is 1.64 bits per heavy atom. The van der Waals surface area contributed by atoms with Crippen molar-refractivity contribution in [1.29, 1.82) is 0 Å². The van der Waals surface area contributed by atoms with E-state index >= 15 is 0 Å². The van der Waals surface area contributed by atoms with E-state index in [1.54, 1.807) is 19.1 Å². The lowest BCUT2D eigenvalue weighted by Crippen LogP contribution is -2.33. The minimum atomic E-state index is -0.846. The second-order valence-electron chi connectivity index (χ2n) is 10.6. The Kier molecular flexibility index (Phi) is 8.27. The molecule has 1 aromatic heterocycles. The number of amides is 1. The number of nitrogens with zero attached hydrogens (tertiary/aromatic N) is 1. The molecule has 1 saturated carbocycles. The van der Waals surface area contributed by atoms with Gasteiger partial charge in [0.2, 0.25) is 5.91 Å². The molecule has 0 bridgehead atoms. The third kappa shape index (κ3) is 6.31. The number of aromatic nitrogens is 1. The van der Waals surface area contributed by atoms with Gasteiger partial charge in [0.05, 0.1) is 11.4 Å². The highest BCUT2D eigenvalue weighted by Gasteiger charge is 2.33. The van der Waals surface area contributed by atoms with E-state index in [9.17, 15) is 14.7 Å². The lowest BCUT2D eigenvalue weighted by Gasteiger charge is -2.34. The minimum Gasteiger partial charge on any atom is -0.481 e. The predicted octanol–water partition coefficient (Wildman–Crippen LogP) is 7.85. The van der Waals surface area contributed by atoms with Crippen molar-refractivity contribution in [2.45, 2.75) is 50.9 Å². The van der Waals surface area contributed by atoms with E-state index in [4.69, 9.17) is 11.6 Å². The van der Waals surface area contributed by atoms with E-state index in [-0.39, 0.29) is 17.7 Å². The second-order valence-corrected chi connectivity index (χ2v) is 11.1. The van der Waals surface area contributed by atoms with Gasteiger partial charge in [-0.05, 0) is 104 Å². The van der Waals surface area contributed by atoms with Crippen LogP contribution in [-0.4, -0.2) is 22.0 Å². The first kappa shape index (κ1) is 26.9. The highest BCUT2D eigenvalue weighted by Crippen LogP contribution is 2.41. The summed E-state index contributed by atoms with van der Waals surface area (Å²) in [5.41, 5.74) is 4.91. The van der Waals surface area contributed by atoms with Crippen LogP contribution < -0.4 is 5.32 Å². The summed E-state index contributed by atoms with van der Waals surface area (Å²) in [7, 11) is 0. The van der Waals surface area contributed by atoms with Gasteiger partial charge in [-0.25, -0.2) is 0 Å². The molecular weight excluding hydrogens is 508 g/mol. The number of hydrogen-bond acceptors (Lipinski definition) is 3. The molecule has 3 aromatic carbocycles. The largest absolute Gasteiger partial charge is 0.481 e. The fourth-order valence-electron chi connectivity index (χ4n) is 5.89. The Hall–Kier alpha value is -3.70.